The molecule has 0 spiro atoms. The fourth-order valence-corrected chi connectivity index (χ4v) is 3.63. The molecule has 0 saturated heterocycles. The van der Waals surface area contributed by atoms with Gasteiger partial charge in [-0.3, -0.25) is 0 Å². The van der Waals surface area contributed by atoms with E-state index in [4.69, 9.17) is 16.7 Å². The Morgan fingerprint density at radius 2 is 1.95 bits per heavy atom. The van der Waals surface area contributed by atoms with Crippen LogP contribution in [0.25, 0.3) is 0 Å². The molecule has 0 bridgehead atoms. The van der Waals surface area contributed by atoms with Crippen LogP contribution in [0.2, 0.25) is 5.02 Å². The van der Waals surface area contributed by atoms with Crippen molar-refractivity contribution in [1.29, 1.82) is 0 Å². The van der Waals surface area contributed by atoms with Gasteiger partial charge in [-0.15, -0.1) is 0 Å². The van der Waals surface area contributed by atoms with Crippen molar-refractivity contribution in [2.24, 2.45) is 0 Å². The number of rotatable bonds is 5. The van der Waals surface area contributed by atoms with Gasteiger partial charge < -0.3 is 5.11 Å². The van der Waals surface area contributed by atoms with Gasteiger partial charge in [0.15, 0.2) is 0 Å². The standard InChI is InChI=1S/C13H19ClFNO3S/c1-5-13(2,3)16(4)20(18,19)11-7-10(14)6-9(8-17)12(11)15/h6-7,17H,5,8H2,1-4H3. The van der Waals surface area contributed by atoms with E-state index in [9.17, 15) is 12.8 Å². The van der Waals surface area contributed by atoms with Crippen molar-refractivity contribution in [3.05, 3.63) is 28.5 Å². The lowest BCUT2D eigenvalue weighted by atomic mass is 10.0. The number of hydrogen-bond acceptors (Lipinski definition) is 3. The molecular weight excluding hydrogens is 305 g/mol. The topological polar surface area (TPSA) is 57.6 Å². The van der Waals surface area contributed by atoms with Crippen LogP contribution in [0.5, 0.6) is 0 Å². The van der Waals surface area contributed by atoms with Crippen LogP contribution in [0, 0.1) is 5.82 Å². The van der Waals surface area contributed by atoms with E-state index in [1.54, 1.807) is 13.8 Å². The van der Waals surface area contributed by atoms with Gasteiger partial charge in [0.1, 0.15) is 10.7 Å². The van der Waals surface area contributed by atoms with Gasteiger partial charge in [0.25, 0.3) is 0 Å². The van der Waals surface area contributed by atoms with Crippen molar-refractivity contribution in [3.63, 3.8) is 0 Å². The van der Waals surface area contributed by atoms with Crippen LogP contribution >= 0.6 is 11.6 Å². The van der Waals surface area contributed by atoms with Crippen LogP contribution in [0.4, 0.5) is 4.39 Å². The smallest absolute Gasteiger partial charge is 0.246 e. The molecule has 1 N–H and O–H groups in total. The van der Waals surface area contributed by atoms with E-state index in [1.165, 1.54) is 13.1 Å². The summed E-state index contributed by atoms with van der Waals surface area (Å²) in [6.07, 6.45) is 0.567. The lowest BCUT2D eigenvalue weighted by Gasteiger charge is -2.33. The molecule has 1 aromatic rings. The fraction of sp³-hybridized carbons (Fsp3) is 0.538. The number of aliphatic hydroxyl groups is 1. The van der Waals surface area contributed by atoms with Crippen molar-refractivity contribution in [1.82, 2.24) is 4.31 Å². The normalized spacial score (nSPS) is 13.0. The van der Waals surface area contributed by atoms with Crippen molar-refractivity contribution < 1.29 is 17.9 Å². The molecule has 0 radical (unpaired) electrons. The van der Waals surface area contributed by atoms with Crippen molar-refractivity contribution in [2.75, 3.05) is 7.05 Å². The van der Waals surface area contributed by atoms with Gasteiger partial charge in [-0.2, -0.15) is 4.31 Å². The lowest BCUT2D eigenvalue weighted by Crippen LogP contribution is -2.44. The number of halogens is 2. The molecule has 0 aliphatic rings. The first kappa shape index (κ1) is 17.4. The monoisotopic (exact) mass is 323 g/mol. The molecule has 4 nitrogen and oxygen atoms in total. The summed E-state index contributed by atoms with van der Waals surface area (Å²) in [6, 6.07) is 2.27. The van der Waals surface area contributed by atoms with Gasteiger partial charge in [-0.25, -0.2) is 12.8 Å². The van der Waals surface area contributed by atoms with Gasteiger partial charge in [0, 0.05) is 23.2 Å². The van der Waals surface area contributed by atoms with Crippen LogP contribution in [0.1, 0.15) is 32.8 Å². The summed E-state index contributed by atoms with van der Waals surface area (Å²) in [5.41, 5.74) is -0.800. The summed E-state index contributed by atoms with van der Waals surface area (Å²) >= 11 is 5.80. The summed E-state index contributed by atoms with van der Waals surface area (Å²) < 4.78 is 40.3. The van der Waals surface area contributed by atoms with E-state index in [2.05, 4.69) is 0 Å². The van der Waals surface area contributed by atoms with E-state index >= 15 is 0 Å². The Morgan fingerprint density at radius 3 is 2.40 bits per heavy atom. The quantitative estimate of drug-likeness (QED) is 0.906. The third-order valence-electron chi connectivity index (χ3n) is 3.61. The van der Waals surface area contributed by atoms with Crippen LogP contribution in [-0.4, -0.2) is 30.4 Å². The molecule has 0 fully saturated rings. The molecule has 7 heteroatoms. The Bertz CT molecular complexity index is 602. The zero-order chi connectivity index (χ0) is 15.7. The van der Waals surface area contributed by atoms with E-state index in [-0.39, 0.29) is 10.6 Å². The first-order chi connectivity index (χ1) is 9.07. The fourth-order valence-electron chi connectivity index (χ4n) is 1.62. The third-order valence-corrected chi connectivity index (χ3v) is 5.89. The third kappa shape index (κ3) is 3.14. The molecule has 0 aliphatic heterocycles. The second-order valence-corrected chi connectivity index (χ2v) is 7.55. The molecule has 0 atom stereocenters. The number of sulfonamides is 1. The average Bonchev–Trinajstić information content (AvgIpc) is 2.39. The first-order valence-electron chi connectivity index (χ1n) is 6.15. The van der Waals surface area contributed by atoms with Gasteiger partial charge in [0.2, 0.25) is 10.0 Å². The summed E-state index contributed by atoms with van der Waals surface area (Å²) in [4.78, 5) is -0.516. The van der Waals surface area contributed by atoms with Crippen molar-refractivity contribution in [2.45, 2.75) is 44.2 Å². The van der Waals surface area contributed by atoms with Gasteiger partial charge >= 0.3 is 0 Å². The lowest BCUT2D eigenvalue weighted by molar-refractivity contribution is 0.255. The van der Waals surface area contributed by atoms with Crippen LogP contribution < -0.4 is 0 Å². The average molecular weight is 324 g/mol. The second kappa shape index (κ2) is 5.97. The predicted octanol–water partition coefficient (Wildman–Crippen LogP) is 2.78. The van der Waals surface area contributed by atoms with Gasteiger partial charge in [0.05, 0.1) is 6.61 Å². The van der Waals surface area contributed by atoms with Crippen molar-refractivity contribution >= 4 is 21.6 Å². The Morgan fingerprint density at radius 1 is 1.40 bits per heavy atom. The molecule has 0 amide bonds. The van der Waals surface area contributed by atoms with Crippen LogP contribution in [-0.2, 0) is 16.6 Å². The number of benzene rings is 1. The minimum atomic E-state index is -4.03. The Hall–Kier alpha value is -0.690. The molecule has 1 aromatic carbocycles. The van der Waals surface area contributed by atoms with Crippen LogP contribution in [0.15, 0.2) is 17.0 Å². The molecule has 0 saturated carbocycles. The molecule has 114 valence electrons. The first-order valence-corrected chi connectivity index (χ1v) is 7.97. The van der Waals surface area contributed by atoms with E-state index in [1.807, 2.05) is 6.92 Å². The highest BCUT2D eigenvalue weighted by Gasteiger charge is 2.35. The minimum absolute atomic E-state index is 0.0664. The molecule has 0 heterocycles. The summed E-state index contributed by atoms with van der Waals surface area (Å²) in [7, 11) is -2.63. The maximum atomic E-state index is 14.2. The van der Waals surface area contributed by atoms with E-state index < -0.39 is 32.9 Å². The SMILES string of the molecule is CCC(C)(C)N(C)S(=O)(=O)c1cc(Cl)cc(CO)c1F. The highest BCUT2D eigenvalue weighted by molar-refractivity contribution is 7.89. The maximum absolute atomic E-state index is 14.2. The largest absolute Gasteiger partial charge is 0.392 e. The van der Waals surface area contributed by atoms with Gasteiger partial charge in [-0.1, -0.05) is 18.5 Å². The predicted molar refractivity (Wildman–Crippen MR) is 76.7 cm³/mol. The number of nitrogens with zero attached hydrogens (tertiary/aromatic N) is 1. The summed E-state index contributed by atoms with van der Waals surface area (Å²) in [6.45, 7) is 4.73. The Kier molecular flexibility index (Phi) is 5.18. The second-order valence-electron chi connectivity index (χ2n) is 5.17. The summed E-state index contributed by atoms with van der Waals surface area (Å²) in [5, 5.41) is 9.14. The zero-order valence-electron chi connectivity index (χ0n) is 11.9. The Balaban J connectivity index is 3.48. The molecule has 20 heavy (non-hydrogen) atoms. The van der Waals surface area contributed by atoms with Gasteiger partial charge in [-0.05, 0) is 32.4 Å². The molecule has 1 rings (SSSR count). The molecule has 0 unspecified atom stereocenters. The Labute approximate surface area is 124 Å². The van der Waals surface area contributed by atoms with Crippen molar-refractivity contribution in [3.8, 4) is 0 Å². The zero-order valence-corrected chi connectivity index (χ0v) is 13.5. The number of aliphatic hydroxyl groups excluding tert-OH is 1. The summed E-state index contributed by atoms with van der Waals surface area (Å²) in [5.74, 6) is -0.962. The van der Waals surface area contributed by atoms with E-state index in [0.29, 0.717) is 6.42 Å². The molecule has 0 aromatic heterocycles. The highest BCUT2D eigenvalue weighted by atomic mass is 35.5. The highest BCUT2D eigenvalue weighted by Crippen LogP contribution is 2.30. The van der Waals surface area contributed by atoms with Crippen LogP contribution in [0.3, 0.4) is 0 Å². The van der Waals surface area contributed by atoms with E-state index in [0.717, 1.165) is 10.4 Å². The minimum Gasteiger partial charge on any atom is -0.392 e. The molecular formula is C13H19ClFNO3S. The number of hydrogen-bond donors (Lipinski definition) is 1. The maximum Gasteiger partial charge on any atom is 0.246 e. The molecule has 0 aliphatic carbocycles.